The Morgan fingerprint density at radius 3 is 3.08 bits per heavy atom. The van der Waals surface area contributed by atoms with Crippen LogP contribution in [-0.4, -0.2) is 30.3 Å². The zero-order valence-corrected chi connectivity index (χ0v) is 7.76. The number of ether oxygens (including phenoxy) is 1. The Hall–Kier alpha value is -1.30. The highest BCUT2D eigenvalue weighted by atomic mass is 32.1. The number of thiocarbonyl (C=S) groups is 1. The zero-order valence-electron chi connectivity index (χ0n) is 6.94. The number of methoxy groups -OCH3 is 1. The molecule has 0 saturated carbocycles. The van der Waals surface area contributed by atoms with E-state index in [1.165, 1.54) is 13.3 Å². The van der Waals surface area contributed by atoms with Gasteiger partial charge in [-0.3, -0.25) is 9.59 Å². The molecule has 70 valence electrons. The van der Waals surface area contributed by atoms with Crippen molar-refractivity contribution >= 4 is 35.4 Å². The molecule has 5 nitrogen and oxygen atoms in total. The maximum atomic E-state index is 11.2. The molecular weight excluding hydrogens is 192 g/mol. The molecule has 0 saturated heterocycles. The van der Waals surface area contributed by atoms with Gasteiger partial charge in [0.25, 0.3) is 0 Å². The van der Waals surface area contributed by atoms with E-state index in [2.05, 4.69) is 27.3 Å². The second-order valence-corrected chi connectivity index (χ2v) is 2.85. The van der Waals surface area contributed by atoms with Crippen molar-refractivity contribution in [3.8, 4) is 0 Å². The average molecular weight is 200 g/mol. The minimum Gasteiger partial charge on any atom is -0.469 e. The minimum atomic E-state index is -0.570. The third-order valence-electron chi connectivity index (χ3n) is 1.55. The summed E-state index contributed by atoms with van der Waals surface area (Å²) in [7, 11) is 1.27. The summed E-state index contributed by atoms with van der Waals surface area (Å²) in [4.78, 5) is 25.7. The molecule has 0 bridgehead atoms. The lowest BCUT2D eigenvalue weighted by Gasteiger charge is -2.14. The van der Waals surface area contributed by atoms with Crippen LogP contribution in [0.4, 0.5) is 0 Å². The topological polar surface area (TPSA) is 67.8 Å². The molecule has 1 unspecified atom stereocenters. The molecule has 1 atom stereocenters. The Bertz CT molecular complexity index is 287. The fraction of sp³-hybridized carbons (Fsp3) is 0.429. The van der Waals surface area contributed by atoms with Crippen molar-refractivity contribution in [3.05, 3.63) is 0 Å². The number of hydrogen-bond donors (Lipinski definition) is 1. The lowest BCUT2D eigenvalue weighted by Crippen LogP contribution is -2.39. The molecule has 13 heavy (non-hydrogen) atoms. The largest absolute Gasteiger partial charge is 0.469 e. The monoisotopic (exact) mass is 200 g/mol. The molecule has 6 heteroatoms. The number of carbonyl (C=O) groups is 2. The summed E-state index contributed by atoms with van der Waals surface area (Å²) < 4.78 is 4.41. The first-order valence-corrected chi connectivity index (χ1v) is 4.00. The standard InChI is InChI=1S/C7H8N2O3S/c1-12-5(10)2-4-3-8-7(13)9-6(4)11/h3-4H,2H2,1H3,(H,9,11,13). The van der Waals surface area contributed by atoms with Gasteiger partial charge in [-0.2, -0.15) is 0 Å². The van der Waals surface area contributed by atoms with Gasteiger partial charge in [-0.25, -0.2) is 4.99 Å². The van der Waals surface area contributed by atoms with Crippen LogP contribution in [0.1, 0.15) is 6.42 Å². The first kappa shape index (κ1) is 9.79. The van der Waals surface area contributed by atoms with E-state index in [1.54, 1.807) is 0 Å². The zero-order chi connectivity index (χ0) is 9.84. The van der Waals surface area contributed by atoms with E-state index in [0.29, 0.717) is 0 Å². The lowest BCUT2D eigenvalue weighted by molar-refractivity contribution is -0.142. The van der Waals surface area contributed by atoms with Crippen LogP contribution in [0.5, 0.6) is 0 Å². The van der Waals surface area contributed by atoms with Crippen LogP contribution in [0.25, 0.3) is 0 Å². The number of nitrogens with zero attached hydrogens (tertiary/aromatic N) is 1. The molecule has 0 spiro atoms. The van der Waals surface area contributed by atoms with Crippen molar-refractivity contribution in [2.75, 3.05) is 7.11 Å². The summed E-state index contributed by atoms with van der Waals surface area (Å²) in [6, 6.07) is 0. The van der Waals surface area contributed by atoms with E-state index >= 15 is 0 Å². The van der Waals surface area contributed by atoms with Crippen LogP contribution >= 0.6 is 12.2 Å². The van der Waals surface area contributed by atoms with Gasteiger partial charge in [0.1, 0.15) is 0 Å². The van der Waals surface area contributed by atoms with Crippen molar-refractivity contribution in [2.24, 2.45) is 10.9 Å². The summed E-state index contributed by atoms with van der Waals surface area (Å²) in [5.41, 5.74) is 0. The van der Waals surface area contributed by atoms with E-state index < -0.39 is 11.9 Å². The van der Waals surface area contributed by atoms with Gasteiger partial charge in [-0.05, 0) is 12.2 Å². The Morgan fingerprint density at radius 1 is 1.85 bits per heavy atom. The van der Waals surface area contributed by atoms with Crippen LogP contribution in [0, 0.1) is 5.92 Å². The van der Waals surface area contributed by atoms with Gasteiger partial charge in [0.2, 0.25) is 5.91 Å². The molecular formula is C7H8N2O3S. The van der Waals surface area contributed by atoms with E-state index in [0.717, 1.165) is 0 Å². The Kier molecular flexibility index (Phi) is 3.07. The van der Waals surface area contributed by atoms with Crippen molar-refractivity contribution < 1.29 is 14.3 Å². The third kappa shape index (κ3) is 2.59. The summed E-state index contributed by atoms with van der Waals surface area (Å²) in [5.74, 6) is -1.33. The minimum absolute atomic E-state index is 0.00551. The van der Waals surface area contributed by atoms with Crippen LogP contribution in [0.2, 0.25) is 0 Å². The Morgan fingerprint density at radius 2 is 2.54 bits per heavy atom. The molecule has 1 heterocycles. The number of esters is 1. The highest BCUT2D eigenvalue weighted by molar-refractivity contribution is 7.80. The predicted octanol–water partition coefficient (Wildman–Crippen LogP) is -0.349. The molecule has 1 N–H and O–H groups in total. The summed E-state index contributed by atoms with van der Waals surface area (Å²) in [6.07, 6.45) is 1.35. The summed E-state index contributed by atoms with van der Waals surface area (Å²) in [5, 5.41) is 2.48. The van der Waals surface area contributed by atoms with E-state index in [-0.39, 0.29) is 17.4 Å². The molecule has 1 rings (SSSR count). The summed E-state index contributed by atoms with van der Waals surface area (Å²) >= 11 is 4.63. The molecule has 0 aliphatic carbocycles. The van der Waals surface area contributed by atoms with E-state index in [9.17, 15) is 9.59 Å². The molecule has 0 aromatic heterocycles. The maximum absolute atomic E-state index is 11.2. The quantitative estimate of drug-likeness (QED) is 0.488. The first-order chi connectivity index (χ1) is 6.13. The van der Waals surface area contributed by atoms with Gasteiger partial charge >= 0.3 is 5.97 Å². The van der Waals surface area contributed by atoms with Crippen molar-refractivity contribution in [1.29, 1.82) is 0 Å². The van der Waals surface area contributed by atoms with Crippen LogP contribution in [0.3, 0.4) is 0 Å². The van der Waals surface area contributed by atoms with Crippen LogP contribution < -0.4 is 5.32 Å². The second kappa shape index (κ2) is 4.08. The predicted molar refractivity (Wildman–Crippen MR) is 49.4 cm³/mol. The van der Waals surface area contributed by atoms with Crippen molar-refractivity contribution in [2.45, 2.75) is 6.42 Å². The van der Waals surface area contributed by atoms with Gasteiger partial charge in [0, 0.05) is 6.21 Å². The van der Waals surface area contributed by atoms with Crippen molar-refractivity contribution in [1.82, 2.24) is 5.32 Å². The third-order valence-corrected chi connectivity index (χ3v) is 1.76. The highest BCUT2D eigenvalue weighted by Crippen LogP contribution is 2.05. The fourth-order valence-corrected chi connectivity index (χ4v) is 1.03. The SMILES string of the molecule is COC(=O)CC1C=NC(=S)NC1=O. The molecule has 1 amide bonds. The number of amides is 1. The molecule has 1 aliphatic heterocycles. The molecule has 0 fully saturated rings. The van der Waals surface area contributed by atoms with Crippen LogP contribution in [0.15, 0.2) is 4.99 Å². The normalized spacial score (nSPS) is 21.2. The van der Waals surface area contributed by atoms with Crippen LogP contribution in [-0.2, 0) is 14.3 Å². The Labute approximate surface area is 80.2 Å². The molecule has 0 aromatic carbocycles. The molecule has 0 aromatic rings. The van der Waals surface area contributed by atoms with Gasteiger partial charge in [0.15, 0.2) is 5.11 Å². The van der Waals surface area contributed by atoms with E-state index in [1.807, 2.05) is 0 Å². The number of aliphatic imine (C=N–C) groups is 1. The molecule has 0 radical (unpaired) electrons. The fourth-order valence-electron chi connectivity index (χ4n) is 0.864. The highest BCUT2D eigenvalue weighted by Gasteiger charge is 2.24. The Balaban J connectivity index is 2.60. The first-order valence-electron chi connectivity index (χ1n) is 3.59. The number of nitrogens with one attached hydrogen (secondary N) is 1. The second-order valence-electron chi connectivity index (χ2n) is 2.46. The lowest BCUT2D eigenvalue weighted by atomic mass is 10.1. The van der Waals surface area contributed by atoms with E-state index in [4.69, 9.17) is 0 Å². The maximum Gasteiger partial charge on any atom is 0.306 e. The van der Waals surface area contributed by atoms with Gasteiger partial charge in [0.05, 0.1) is 19.4 Å². The number of rotatable bonds is 2. The summed E-state index contributed by atoms with van der Waals surface area (Å²) in [6.45, 7) is 0. The van der Waals surface area contributed by atoms with Crippen molar-refractivity contribution in [3.63, 3.8) is 0 Å². The van der Waals surface area contributed by atoms with Gasteiger partial charge in [-0.15, -0.1) is 0 Å². The number of hydrogen-bond acceptors (Lipinski definition) is 4. The van der Waals surface area contributed by atoms with Gasteiger partial charge < -0.3 is 10.1 Å². The smallest absolute Gasteiger partial charge is 0.306 e. The van der Waals surface area contributed by atoms with Gasteiger partial charge in [-0.1, -0.05) is 0 Å². The molecule has 1 aliphatic rings. The average Bonchev–Trinajstić information content (AvgIpc) is 2.09. The number of carbonyl (C=O) groups excluding carboxylic acids is 2.